The van der Waals surface area contributed by atoms with Crippen molar-refractivity contribution in [1.29, 1.82) is 0 Å². The van der Waals surface area contributed by atoms with Gasteiger partial charge in [0.15, 0.2) is 0 Å². The molecule has 1 aliphatic heterocycles. The molecule has 0 aliphatic carbocycles. The zero-order valence-corrected chi connectivity index (χ0v) is 10.2. The van der Waals surface area contributed by atoms with Gasteiger partial charge in [0.2, 0.25) is 0 Å². The molecule has 1 unspecified atom stereocenters. The largest absolute Gasteiger partial charge is 0.481 e. The van der Waals surface area contributed by atoms with E-state index in [1.807, 2.05) is 29.2 Å². The molecule has 1 N–H and O–H groups in total. The lowest BCUT2D eigenvalue weighted by Gasteiger charge is -2.33. The molecule has 1 aromatic carbocycles. The highest BCUT2D eigenvalue weighted by Crippen LogP contribution is 2.30. The number of carboxylic acids is 1. The third-order valence-electron chi connectivity index (χ3n) is 3.37. The molecule has 2 heterocycles. The van der Waals surface area contributed by atoms with Gasteiger partial charge in [0.05, 0.1) is 12.1 Å². The van der Waals surface area contributed by atoms with Crippen molar-refractivity contribution in [3.63, 3.8) is 0 Å². The molecule has 0 amide bonds. The van der Waals surface area contributed by atoms with E-state index in [9.17, 15) is 9.90 Å². The molecule has 0 fully saturated rings. The maximum atomic E-state index is 11.4. The summed E-state index contributed by atoms with van der Waals surface area (Å²) in [7, 11) is 0. The predicted molar refractivity (Wildman–Crippen MR) is 69.9 cm³/mol. The van der Waals surface area contributed by atoms with Crippen LogP contribution < -0.4 is 4.90 Å². The zero-order valence-electron chi connectivity index (χ0n) is 10.2. The Morgan fingerprint density at radius 1 is 1.32 bits per heavy atom. The van der Waals surface area contributed by atoms with E-state index in [1.54, 1.807) is 18.6 Å². The van der Waals surface area contributed by atoms with E-state index >= 15 is 0 Å². The number of rotatable bonds is 2. The third kappa shape index (κ3) is 2.14. The second-order valence-electron chi connectivity index (χ2n) is 4.53. The summed E-state index contributed by atoms with van der Waals surface area (Å²) in [6, 6.07) is 7.67. The topological polar surface area (TPSA) is 66.3 Å². The normalized spacial score (nSPS) is 17.9. The van der Waals surface area contributed by atoms with Crippen LogP contribution in [0.15, 0.2) is 42.9 Å². The van der Waals surface area contributed by atoms with Crippen molar-refractivity contribution in [3.8, 4) is 0 Å². The summed E-state index contributed by atoms with van der Waals surface area (Å²) in [6.45, 7) is 1.09. The lowest BCUT2D eigenvalue weighted by Crippen LogP contribution is -2.37. The van der Waals surface area contributed by atoms with Crippen LogP contribution >= 0.6 is 0 Å². The molecule has 0 radical (unpaired) electrons. The van der Waals surface area contributed by atoms with E-state index in [-0.39, 0.29) is 0 Å². The van der Waals surface area contributed by atoms with Gasteiger partial charge in [-0.2, -0.15) is 0 Å². The quantitative estimate of drug-likeness (QED) is 0.884. The zero-order chi connectivity index (χ0) is 13.2. The predicted octanol–water partition coefficient (Wildman–Crippen LogP) is 1.66. The Kier molecular flexibility index (Phi) is 2.87. The van der Waals surface area contributed by atoms with Crippen LogP contribution in [0.25, 0.3) is 0 Å². The maximum absolute atomic E-state index is 11.4. The number of carboxylic acid groups (broad SMARTS) is 1. The van der Waals surface area contributed by atoms with Crippen LogP contribution in [0, 0.1) is 0 Å². The fourth-order valence-corrected chi connectivity index (χ4v) is 2.45. The van der Waals surface area contributed by atoms with Crippen molar-refractivity contribution >= 4 is 11.8 Å². The SMILES string of the molecule is O=C(O)C1CN(c2cnccn2)Cc2ccccc21. The fourth-order valence-electron chi connectivity index (χ4n) is 2.45. The monoisotopic (exact) mass is 255 g/mol. The van der Waals surface area contributed by atoms with Crippen LogP contribution in [-0.2, 0) is 11.3 Å². The molecule has 3 rings (SSSR count). The highest BCUT2D eigenvalue weighted by Gasteiger charge is 2.30. The molecular formula is C14H13N3O2. The number of fused-ring (bicyclic) bond motifs is 1. The minimum atomic E-state index is -0.805. The lowest BCUT2D eigenvalue weighted by atomic mass is 9.90. The molecule has 0 bridgehead atoms. The minimum absolute atomic E-state index is 0.422. The Morgan fingerprint density at radius 3 is 2.89 bits per heavy atom. The number of aliphatic carboxylic acids is 1. The number of nitrogens with zero attached hydrogens (tertiary/aromatic N) is 3. The third-order valence-corrected chi connectivity index (χ3v) is 3.37. The van der Waals surface area contributed by atoms with Gasteiger partial charge in [0.25, 0.3) is 0 Å². The van der Waals surface area contributed by atoms with Gasteiger partial charge in [-0.3, -0.25) is 9.78 Å². The van der Waals surface area contributed by atoms with Crippen molar-refractivity contribution in [3.05, 3.63) is 54.0 Å². The van der Waals surface area contributed by atoms with Crippen LogP contribution in [0.2, 0.25) is 0 Å². The van der Waals surface area contributed by atoms with Crippen LogP contribution in [0.5, 0.6) is 0 Å². The van der Waals surface area contributed by atoms with E-state index in [0.29, 0.717) is 18.9 Å². The highest BCUT2D eigenvalue weighted by molar-refractivity contribution is 5.78. The summed E-state index contributed by atoms with van der Waals surface area (Å²) in [5.74, 6) is -0.615. The maximum Gasteiger partial charge on any atom is 0.312 e. The first-order valence-corrected chi connectivity index (χ1v) is 6.07. The standard InChI is InChI=1S/C14H13N3O2/c18-14(19)12-9-17(13-7-15-5-6-16-13)8-10-3-1-2-4-11(10)12/h1-7,12H,8-9H2,(H,18,19). The number of hydrogen-bond donors (Lipinski definition) is 1. The highest BCUT2D eigenvalue weighted by atomic mass is 16.4. The molecule has 5 nitrogen and oxygen atoms in total. The van der Waals surface area contributed by atoms with Gasteiger partial charge >= 0.3 is 5.97 Å². The molecule has 1 atom stereocenters. The second-order valence-corrected chi connectivity index (χ2v) is 4.53. The summed E-state index contributed by atoms with van der Waals surface area (Å²) in [5.41, 5.74) is 1.93. The van der Waals surface area contributed by atoms with Gasteiger partial charge in [-0.1, -0.05) is 24.3 Å². The Hall–Kier alpha value is -2.43. The van der Waals surface area contributed by atoms with Gasteiger partial charge in [0, 0.05) is 25.5 Å². The van der Waals surface area contributed by atoms with Crippen molar-refractivity contribution in [2.24, 2.45) is 0 Å². The van der Waals surface area contributed by atoms with Crippen molar-refractivity contribution in [2.75, 3.05) is 11.4 Å². The lowest BCUT2D eigenvalue weighted by molar-refractivity contribution is -0.138. The van der Waals surface area contributed by atoms with Gasteiger partial charge in [-0.25, -0.2) is 4.98 Å². The molecule has 5 heteroatoms. The molecule has 96 valence electrons. The Labute approximate surface area is 110 Å². The van der Waals surface area contributed by atoms with Crippen molar-refractivity contribution in [1.82, 2.24) is 9.97 Å². The van der Waals surface area contributed by atoms with E-state index in [2.05, 4.69) is 9.97 Å². The molecule has 0 saturated carbocycles. The van der Waals surface area contributed by atoms with Crippen molar-refractivity contribution in [2.45, 2.75) is 12.5 Å². The summed E-state index contributed by atoms with van der Waals surface area (Å²) in [4.78, 5) is 21.7. The number of hydrogen-bond acceptors (Lipinski definition) is 4. The summed E-state index contributed by atoms with van der Waals surface area (Å²) in [5, 5.41) is 9.39. The average molecular weight is 255 g/mol. The summed E-state index contributed by atoms with van der Waals surface area (Å²) >= 11 is 0. The number of aromatic nitrogens is 2. The van der Waals surface area contributed by atoms with Crippen molar-refractivity contribution < 1.29 is 9.90 Å². The first kappa shape index (κ1) is 11.6. The van der Waals surface area contributed by atoms with E-state index in [0.717, 1.165) is 11.1 Å². The van der Waals surface area contributed by atoms with Crippen LogP contribution in [0.4, 0.5) is 5.82 Å². The Bertz CT molecular complexity index is 601. The number of benzene rings is 1. The first-order valence-electron chi connectivity index (χ1n) is 6.07. The average Bonchev–Trinajstić information content (AvgIpc) is 2.47. The van der Waals surface area contributed by atoms with Crippen LogP contribution in [0.1, 0.15) is 17.0 Å². The van der Waals surface area contributed by atoms with Gasteiger partial charge in [0.1, 0.15) is 5.82 Å². The summed E-state index contributed by atoms with van der Waals surface area (Å²) < 4.78 is 0. The molecule has 0 spiro atoms. The second kappa shape index (κ2) is 4.68. The van der Waals surface area contributed by atoms with Gasteiger partial charge < -0.3 is 10.0 Å². The molecular weight excluding hydrogens is 242 g/mol. The molecule has 19 heavy (non-hydrogen) atoms. The Balaban J connectivity index is 1.99. The minimum Gasteiger partial charge on any atom is -0.481 e. The van der Waals surface area contributed by atoms with E-state index in [4.69, 9.17) is 0 Å². The van der Waals surface area contributed by atoms with Crippen LogP contribution in [-0.4, -0.2) is 27.6 Å². The molecule has 1 aromatic heterocycles. The van der Waals surface area contributed by atoms with E-state index in [1.165, 1.54) is 0 Å². The number of anilines is 1. The van der Waals surface area contributed by atoms with Gasteiger partial charge in [-0.05, 0) is 11.1 Å². The van der Waals surface area contributed by atoms with E-state index < -0.39 is 11.9 Å². The smallest absolute Gasteiger partial charge is 0.312 e. The molecule has 1 aliphatic rings. The summed E-state index contributed by atoms with van der Waals surface area (Å²) in [6.07, 6.45) is 4.88. The van der Waals surface area contributed by atoms with Crippen LogP contribution in [0.3, 0.4) is 0 Å². The molecule has 2 aromatic rings. The number of carbonyl (C=O) groups is 1. The Morgan fingerprint density at radius 2 is 2.16 bits per heavy atom. The van der Waals surface area contributed by atoms with Gasteiger partial charge in [-0.15, -0.1) is 0 Å². The first-order chi connectivity index (χ1) is 9.25. The molecule has 0 saturated heterocycles. The fraction of sp³-hybridized carbons (Fsp3) is 0.214.